The minimum Gasteiger partial charge on any atom is -0.383 e. The number of methoxy groups -OCH3 is 1. The maximum absolute atomic E-state index is 11.6. The topological polar surface area (TPSA) is 74.1 Å². The van der Waals surface area contributed by atoms with Gasteiger partial charge < -0.3 is 4.74 Å². The van der Waals surface area contributed by atoms with Crippen molar-refractivity contribution >= 4 is 47.3 Å². The van der Waals surface area contributed by atoms with Crippen molar-refractivity contribution in [3.05, 3.63) is 27.7 Å². The molecule has 0 spiro atoms. The van der Waals surface area contributed by atoms with Gasteiger partial charge in [-0.05, 0) is 18.2 Å². The lowest BCUT2D eigenvalue weighted by Crippen LogP contribution is -2.11. The Kier molecular flexibility index (Phi) is 5.26. The Balaban J connectivity index is 2.63. The molecule has 21 heavy (non-hydrogen) atoms. The van der Waals surface area contributed by atoms with Gasteiger partial charge in [-0.15, -0.1) is 10.2 Å². The van der Waals surface area contributed by atoms with E-state index in [0.717, 1.165) is 0 Å². The number of hydrogen-bond acceptors (Lipinski definition) is 5. The predicted octanol–water partition coefficient (Wildman–Crippen LogP) is 2.93. The number of hydrogen-bond donors (Lipinski definition) is 0. The normalized spacial score (nSPS) is 11.8. The van der Waals surface area contributed by atoms with E-state index in [1.165, 1.54) is 11.7 Å². The summed E-state index contributed by atoms with van der Waals surface area (Å²) in [6.45, 7) is 0.516. The molecule has 0 saturated heterocycles. The third-order valence-corrected chi connectivity index (χ3v) is 4.70. The van der Waals surface area contributed by atoms with Crippen LogP contribution in [0.25, 0.3) is 11.4 Å². The summed E-state index contributed by atoms with van der Waals surface area (Å²) in [6, 6.07) is 5.09. The van der Waals surface area contributed by atoms with Crippen molar-refractivity contribution in [3.63, 3.8) is 0 Å². The number of rotatable bonds is 5. The third kappa shape index (κ3) is 3.75. The van der Waals surface area contributed by atoms with Crippen LogP contribution in [0.5, 0.6) is 0 Å². The highest BCUT2D eigenvalue weighted by Crippen LogP contribution is 2.31. The van der Waals surface area contributed by atoms with Crippen LogP contribution in [0.4, 0.5) is 0 Å². The summed E-state index contributed by atoms with van der Waals surface area (Å²) < 4.78 is 30.2. The van der Waals surface area contributed by atoms with Gasteiger partial charge in [-0.2, -0.15) is 0 Å². The first kappa shape index (κ1) is 16.7. The molecule has 6 nitrogen and oxygen atoms in total. The fraction of sp³-hybridized carbons (Fsp3) is 0.273. The van der Waals surface area contributed by atoms with Gasteiger partial charge in [0, 0.05) is 32.9 Å². The molecule has 0 N–H and O–H groups in total. The summed E-state index contributed by atoms with van der Waals surface area (Å²) in [5, 5.41) is 7.73. The van der Waals surface area contributed by atoms with Crippen molar-refractivity contribution < 1.29 is 13.2 Å². The molecule has 1 heterocycles. The Morgan fingerprint density at radius 2 is 2.10 bits per heavy atom. The highest BCUT2D eigenvalue weighted by molar-refractivity contribution is 9.10. The Morgan fingerprint density at radius 3 is 2.71 bits per heavy atom. The number of halogens is 3. The number of benzene rings is 1. The van der Waals surface area contributed by atoms with Crippen LogP contribution in [-0.2, 0) is 20.3 Å². The van der Waals surface area contributed by atoms with Gasteiger partial charge in [0.25, 0.3) is 14.2 Å². The zero-order valence-corrected chi connectivity index (χ0v) is 14.7. The van der Waals surface area contributed by atoms with Crippen LogP contribution in [0.1, 0.15) is 0 Å². The molecule has 2 rings (SSSR count). The quantitative estimate of drug-likeness (QED) is 0.703. The van der Waals surface area contributed by atoms with Gasteiger partial charge in [0.05, 0.1) is 13.2 Å². The molecule has 0 unspecified atom stereocenters. The van der Waals surface area contributed by atoms with Crippen LogP contribution in [0.2, 0.25) is 5.02 Å². The SMILES string of the molecule is COCCn1c(-c2cc(Cl)ccc2Br)nnc1S(=O)(=O)Cl. The molecule has 1 aromatic heterocycles. The average Bonchev–Trinajstić information content (AvgIpc) is 2.82. The molecule has 0 radical (unpaired) electrons. The molecule has 0 amide bonds. The largest absolute Gasteiger partial charge is 0.383 e. The van der Waals surface area contributed by atoms with Crippen LogP contribution in [0.3, 0.4) is 0 Å². The summed E-state index contributed by atoms with van der Waals surface area (Å²) in [5.41, 5.74) is 0.609. The van der Waals surface area contributed by atoms with Crippen molar-refractivity contribution in [1.29, 1.82) is 0 Å². The van der Waals surface area contributed by atoms with E-state index in [2.05, 4.69) is 26.1 Å². The molecule has 0 aliphatic heterocycles. The zero-order chi connectivity index (χ0) is 15.6. The number of aromatic nitrogens is 3. The van der Waals surface area contributed by atoms with Gasteiger partial charge >= 0.3 is 0 Å². The summed E-state index contributed by atoms with van der Waals surface area (Å²) in [5.74, 6) is 0.334. The second kappa shape index (κ2) is 6.62. The minimum atomic E-state index is -4.02. The van der Waals surface area contributed by atoms with Crippen molar-refractivity contribution in [2.24, 2.45) is 0 Å². The molecular formula is C11H10BrCl2N3O3S. The van der Waals surface area contributed by atoms with Gasteiger partial charge in [0.1, 0.15) is 0 Å². The third-order valence-electron chi connectivity index (χ3n) is 2.62. The van der Waals surface area contributed by atoms with Crippen LogP contribution in [0.15, 0.2) is 27.8 Å². The molecule has 114 valence electrons. The standard InChI is InChI=1S/C11H10BrCl2N3O3S/c1-20-5-4-17-10(15-16-11(17)21(14,18)19)8-6-7(13)2-3-9(8)12/h2-3,6H,4-5H2,1H3. The van der Waals surface area contributed by atoms with E-state index >= 15 is 0 Å². The monoisotopic (exact) mass is 413 g/mol. The van der Waals surface area contributed by atoms with Crippen LogP contribution in [0, 0.1) is 0 Å². The lowest BCUT2D eigenvalue weighted by molar-refractivity contribution is 0.185. The van der Waals surface area contributed by atoms with E-state index in [-0.39, 0.29) is 18.3 Å². The number of nitrogens with zero attached hydrogens (tertiary/aromatic N) is 3. The van der Waals surface area contributed by atoms with Gasteiger partial charge in [0.15, 0.2) is 5.82 Å². The lowest BCUT2D eigenvalue weighted by Gasteiger charge is -2.09. The molecule has 2 aromatic rings. The Hall–Kier alpha value is -0.670. The van der Waals surface area contributed by atoms with E-state index in [1.54, 1.807) is 18.2 Å². The molecular weight excluding hydrogens is 405 g/mol. The minimum absolute atomic E-state index is 0.235. The van der Waals surface area contributed by atoms with Crippen molar-refractivity contribution in [1.82, 2.24) is 14.8 Å². The molecule has 1 aromatic carbocycles. The van der Waals surface area contributed by atoms with Crippen molar-refractivity contribution in [3.8, 4) is 11.4 Å². The van der Waals surface area contributed by atoms with E-state index in [9.17, 15) is 8.42 Å². The van der Waals surface area contributed by atoms with Crippen LogP contribution in [-0.4, -0.2) is 36.9 Å². The fourth-order valence-electron chi connectivity index (χ4n) is 1.72. The molecule has 0 saturated carbocycles. The van der Waals surface area contributed by atoms with Gasteiger partial charge in [0.2, 0.25) is 0 Å². The molecule has 0 atom stereocenters. The Morgan fingerprint density at radius 1 is 1.38 bits per heavy atom. The Bertz CT molecular complexity index is 764. The second-order valence-corrected chi connectivity index (χ2v) is 7.76. The maximum atomic E-state index is 11.6. The molecule has 0 aliphatic rings. The van der Waals surface area contributed by atoms with Crippen LogP contribution >= 0.6 is 38.2 Å². The smallest absolute Gasteiger partial charge is 0.296 e. The summed E-state index contributed by atoms with van der Waals surface area (Å²) in [4.78, 5) is 0. The van der Waals surface area contributed by atoms with E-state index in [4.69, 9.17) is 27.0 Å². The lowest BCUT2D eigenvalue weighted by atomic mass is 10.2. The van der Waals surface area contributed by atoms with Gasteiger partial charge in [-0.1, -0.05) is 27.5 Å². The molecule has 0 aliphatic carbocycles. The van der Waals surface area contributed by atoms with Crippen molar-refractivity contribution in [2.45, 2.75) is 11.7 Å². The van der Waals surface area contributed by atoms with Crippen LogP contribution < -0.4 is 0 Å². The first-order chi connectivity index (χ1) is 9.84. The molecule has 0 fully saturated rings. The number of ether oxygens (including phenoxy) is 1. The predicted molar refractivity (Wildman–Crippen MR) is 83.1 cm³/mol. The van der Waals surface area contributed by atoms with Gasteiger partial charge in [-0.25, -0.2) is 8.42 Å². The summed E-state index contributed by atoms with van der Waals surface area (Å²) in [7, 11) is 2.88. The highest BCUT2D eigenvalue weighted by Gasteiger charge is 2.24. The van der Waals surface area contributed by atoms with Crippen molar-refractivity contribution in [2.75, 3.05) is 13.7 Å². The summed E-state index contributed by atoms with van der Waals surface area (Å²) in [6.07, 6.45) is 0. The first-order valence-electron chi connectivity index (χ1n) is 5.67. The maximum Gasteiger partial charge on any atom is 0.296 e. The fourth-order valence-corrected chi connectivity index (χ4v) is 3.24. The molecule has 10 heteroatoms. The summed E-state index contributed by atoms with van der Waals surface area (Å²) >= 11 is 9.35. The Labute approximate surface area is 139 Å². The van der Waals surface area contributed by atoms with Gasteiger partial charge in [-0.3, -0.25) is 4.57 Å². The van der Waals surface area contributed by atoms with E-state index in [0.29, 0.717) is 20.9 Å². The van der Waals surface area contributed by atoms with E-state index < -0.39 is 9.05 Å². The highest BCUT2D eigenvalue weighted by atomic mass is 79.9. The first-order valence-corrected chi connectivity index (χ1v) is 9.15. The average molecular weight is 415 g/mol. The van der Waals surface area contributed by atoms with E-state index in [1.807, 2.05) is 0 Å². The molecule has 0 bridgehead atoms. The second-order valence-electron chi connectivity index (χ2n) is 4.01. The zero-order valence-electron chi connectivity index (χ0n) is 10.8.